The van der Waals surface area contributed by atoms with Crippen LogP contribution in [0.3, 0.4) is 0 Å². The smallest absolute Gasteiger partial charge is 0.270 e. The molecule has 1 fully saturated rings. The molecule has 1 aliphatic carbocycles. The number of hydrogen-bond donors (Lipinski definition) is 1. The third-order valence-electron chi connectivity index (χ3n) is 3.35. The molecule has 94 valence electrons. The second kappa shape index (κ2) is 5.08. The highest BCUT2D eigenvalue weighted by Gasteiger charge is 2.18. The van der Waals surface area contributed by atoms with Crippen LogP contribution in [-0.4, -0.2) is 12.0 Å². The first-order valence-corrected chi connectivity index (χ1v) is 7.15. The summed E-state index contributed by atoms with van der Waals surface area (Å²) in [6, 6.07) is 7.92. The number of carbonyl (C=O) groups excluding carboxylic acids is 1. The van der Waals surface area contributed by atoms with Gasteiger partial charge in [-0.1, -0.05) is 31.0 Å². The van der Waals surface area contributed by atoms with Gasteiger partial charge < -0.3 is 0 Å². The monoisotopic (exact) mass is 261 g/mol. The first-order chi connectivity index (χ1) is 8.84. The number of carbonyl (C=O) groups is 1. The molecule has 1 saturated carbocycles. The molecule has 4 heteroatoms. The summed E-state index contributed by atoms with van der Waals surface area (Å²) < 4.78 is 1.13. The van der Waals surface area contributed by atoms with E-state index in [1.165, 1.54) is 12.8 Å². The van der Waals surface area contributed by atoms with Gasteiger partial charge in [0.1, 0.15) is 0 Å². The molecule has 0 saturated heterocycles. The Morgan fingerprint density at radius 2 is 2.06 bits per heavy atom. The summed E-state index contributed by atoms with van der Waals surface area (Å²) in [6.07, 6.45) is 4.68. The fraction of sp³-hybridized carbons (Fsp3) is 0.357. The standard InChI is InChI=1S/C14H15NO2S/c16-14(15-17-10-5-1-2-6-10)12-9-18-13-8-4-3-7-11(12)13/h3-4,7-10H,1-2,5-6H2,(H,15,16). The number of rotatable bonds is 3. The van der Waals surface area contributed by atoms with E-state index in [4.69, 9.17) is 4.84 Å². The van der Waals surface area contributed by atoms with Gasteiger partial charge in [-0.15, -0.1) is 11.3 Å². The Kier molecular flexibility index (Phi) is 3.30. The average Bonchev–Trinajstić information content (AvgIpc) is 3.05. The van der Waals surface area contributed by atoms with Crippen molar-refractivity contribution >= 4 is 27.3 Å². The summed E-state index contributed by atoms with van der Waals surface area (Å²) in [5, 5.41) is 2.88. The maximum absolute atomic E-state index is 12.0. The lowest BCUT2D eigenvalue weighted by Gasteiger charge is -2.10. The lowest BCUT2D eigenvalue weighted by atomic mass is 10.2. The molecule has 1 N–H and O–H groups in total. The van der Waals surface area contributed by atoms with Crippen LogP contribution >= 0.6 is 11.3 Å². The van der Waals surface area contributed by atoms with Crippen molar-refractivity contribution in [3.8, 4) is 0 Å². The van der Waals surface area contributed by atoms with Crippen molar-refractivity contribution in [3.63, 3.8) is 0 Å². The van der Waals surface area contributed by atoms with Gasteiger partial charge in [-0.3, -0.25) is 9.63 Å². The minimum atomic E-state index is -0.139. The predicted molar refractivity (Wildman–Crippen MR) is 72.6 cm³/mol. The summed E-state index contributed by atoms with van der Waals surface area (Å²) in [5.74, 6) is -0.139. The van der Waals surface area contributed by atoms with Crippen molar-refractivity contribution in [2.75, 3.05) is 0 Å². The van der Waals surface area contributed by atoms with Crippen LogP contribution in [-0.2, 0) is 4.84 Å². The summed E-state index contributed by atoms with van der Waals surface area (Å²) >= 11 is 1.58. The Morgan fingerprint density at radius 3 is 2.89 bits per heavy atom. The van der Waals surface area contributed by atoms with E-state index >= 15 is 0 Å². The highest BCUT2D eigenvalue weighted by atomic mass is 32.1. The van der Waals surface area contributed by atoms with Gasteiger partial charge in [-0.25, -0.2) is 5.48 Å². The van der Waals surface area contributed by atoms with Gasteiger partial charge in [0, 0.05) is 15.5 Å². The third kappa shape index (κ3) is 2.26. The molecule has 1 heterocycles. The molecule has 3 nitrogen and oxygen atoms in total. The minimum absolute atomic E-state index is 0.139. The van der Waals surface area contributed by atoms with E-state index in [1.54, 1.807) is 11.3 Å². The van der Waals surface area contributed by atoms with Crippen LogP contribution in [0.4, 0.5) is 0 Å². The highest BCUT2D eigenvalue weighted by Crippen LogP contribution is 2.26. The Labute approximate surface area is 110 Å². The average molecular weight is 261 g/mol. The van der Waals surface area contributed by atoms with Crippen molar-refractivity contribution in [3.05, 3.63) is 35.2 Å². The van der Waals surface area contributed by atoms with E-state index in [0.29, 0.717) is 5.56 Å². The van der Waals surface area contributed by atoms with Gasteiger partial charge >= 0.3 is 0 Å². The number of thiophene rings is 1. The van der Waals surface area contributed by atoms with Crippen LogP contribution in [0.1, 0.15) is 36.0 Å². The van der Waals surface area contributed by atoms with Gasteiger partial charge in [0.15, 0.2) is 0 Å². The summed E-state index contributed by atoms with van der Waals surface area (Å²) in [6.45, 7) is 0. The van der Waals surface area contributed by atoms with Gasteiger partial charge in [-0.2, -0.15) is 0 Å². The Balaban J connectivity index is 1.71. The third-order valence-corrected chi connectivity index (χ3v) is 4.31. The highest BCUT2D eigenvalue weighted by molar-refractivity contribution is 7.17. The van der Waals surface area contributed by atoms with Gasteiger partial charge in [0.05, 0.1) is 11.7 Å². The second-order valence-electron chi connectivity index (χ2n) is 4.60. The zero-order valence-corrected chi connectivity index (χ0v) is 10.8. The Bertz CT molecular complexity index is 558. The maximum Gasteiger partial charge on any atom is 0.276 e. The molecule has 1 aromatic carbocycles. The molecular formula is C14H15NO2S. The van der Waals surface area contributed by atoms with Crippen molar-refractivity contribution in [2.24, 2.45) is 0 Å². The molecule has 0 radical (unpaired) electrons. The Morgan fingerprint density at radius 1 is 1.28 bits per heavy atom. The number of amides is 1. The first kappa shape index (κ1) is 11.7. The number of fused-ring (bicyclic) bond motifs is 1. The maximum atomic E-state index is 12.0. The van der Waals surface area contributed by atoms with Crippen molar-refractivity contribution in [1.82, 2.24) is 5.48 Å². The van der Waals surface area contributed by atoms with Crippen LogP contribution in [0, 0.1) is 0 Å². The van der Waals surface area contributed by atoms with E-state index in [2.05, 4.69) is 5.48 Å². The molecule has 0 atom stereocenters. The van der Waals surface area contributed by atoms with Crippen LogP contribution in [0.15, 0.2) is 29.6 Å². The fourth-order valence-corrected chi connectivity index (χ4v) is 3.29. The summed E-state index contributed by atoms with van der Waals surface area (Å²) in [5.41, 5.74) is 3.29. The number of hydroxylamine groups is 1. The molecule has 18 heavy (non-hydrogen) atoms. The lowest BCUT2D eigenvalue weighted by molar-refractivity contribution is -0.0123. The molecule has 3 rings (SSSR count). The van der Waals surface area contributed by atoms with E-state index in [0.717, 1.165) is 22.9 Å². The van der Waals surface area contributed by atoms with Crippen LogP contribution in [0.5, 0.6) is 0 Å². The lowest BCUT2D eigenvalue weighted by Crippen LogP contribution is -2.28. The van der Waals surface area contributed by atoms with E-state index in [9.17, 15) is 4.79 Å². The number of benzene rings is 1. The first-order valence-electron chi connectivity index (χ1n) is 6.27. The Hall–Kier alpha value is -1.39. The minimum Gasteiger partial charge on any atom is -0.270 e. The van der Waals surface area contributed by atoms with Crippen LogP contribution in [0.25, 0.3) is 10.1 Å². The number of nitrogens with one attached hydrogen (secondary N) is 1. The van der Waals surface area contributed by atoms with Gasteiger partial charge in [0.25, 0.3) is 5.91 Å². The fourth-order valence-electron chi connectivity index (χ4n) is 2.35. The predicted octanol–water partition coefficient (Wildman–Crippen LogP) is 3.51. The summed E-state index contributed by atoms with van der Waals surface area (Å²) in [4.78, 5) is 17.5. The molecule has 1 aromatic heterocycles. The van der Waals surface area contributed by atoms with Crippen molar-refractivity contribution in [2.45, 2.75) is 31.8 Å². The molecule has 0 bridgehead atoms. The van der Waals surface area contributed by atoms with Crippen molar-refractivity contribution < 1.29 is 9.63 Å². The van der Waals surface area contributed by atoms with Crippen LogP contribution in [0.2, 0.25) is 0 Å². The van der Waals surface area contributed by atoms with Crippen molar-refractivity contribution in [1.29, 1.82) is 0 Å². The summed E-state index contributed by atoms with van der Waals surface area (Å²) in [7, 11) is 0. The number of hydrogen-bond acceptors (Lipinski definition) is 3. The van der Waals surface area contributed by atoms with E-state index in [-0.39, 0.29) is 12.0 Å². The van der Waals surface area contributed by atoms with Gasteiger partial charge in [-0.05, 0) is 18.9 Å². The molecular weight excluding hydrogens is 246 g/mol. The molecule has 0 unspecified atom stereocenters. The normalized spacial score (nSPS) is 16.2. The van der Waals surface area contributed by atoms with Crippen LogP contribution < -0.4 is 5.48 Å². The molecule has 0 aliphatic heterocycles. The molecule has 1 amide bonds. The largest absolute Gasteiger partial charge is 0.276 e. The quantitative estimate of drug-likeness (QED) is 0.859. The molecule has 2 aromatic rings. The van der Waals surface area contributed by atoms with E-state index in [1.807, 2.05) is 29.6 Å². The van der Waals surface area contributed by atoms with Gasteiger partial charge in [0.2, 0.25) is 0 Å². The van der Waals surface area contributed by atoms with E-state index < -0.39 is 0 Å². The molecule has 1 aliphatic rings. The topological polar surface area (TPSA) is 38.3 Å². The zero-order valence-electron chi connectivity index (χ0n) is 10.0. The zero-order chi connectivity index (χ0) is 12.4. The SMILES string of the molecule is O=C(NOC1CCCC1)c1csc2ccccc12. The second-order valence-corrected chi connectivity index (χ2v) is 5.51. The molecule has 0 spiro atoms.